The summed E-state index contributed by atoms with van der Waals surface area (Å²) in [5.41, 5.74) is 2.06. The van der Waals surface area contributed by atoms with E-state index < -0.39 is 41.5 Å². The van der Waals surface area contributed by atoms with Crippen LogP contribution in [0, 0.1) is 11.6 Å². The molecule has 5 rings (SSSR count). The minimum Gasteiger partial charge on any atom is -0.395 e. The number of halogens is 2. The molecule has 12 heteroatoms. The number of nitrogens with zero attached hydrogens (tertiary/aromatic N) is 3. The summed E-state index contributed by atoms with van der Waals surface area (Å²) >= 11 is 0. The van der Waals surface area contributed by atoms with Crippen molar-refractivity contribution in [3.8, 4) is 11.1 Å². The Morgan fingerprint density at radius 3 is 2.59 bits per heavy atom. The van der Waals surface area contributed by atoms with Gasteiger partial charge in [-0.3, -0.25) is 14.4 Å². The molecule has 3 heterocycles. The molecule has 1 aromatic heterocycles. The molecule has 3 unspecified atom stereocenters. The van der Waals surface area contributed by atoms with Gasteiger partial charge >= 0.3 is 0 Å². The third kappa shape index (κ3) is 5.84. The van der Waals surface area contributed by atoms with Crippen LogP contribution in [0.3, 0.4) is 0 Å². The summed E-state index contributed by atoms with van der Waals surface area (Å²) in [7, 11) is 1.64. The Balaban J connectivity index is 1.62. The van der Waals surface area contributed by atoms with Crippen LogP contribution in [0.1, 0.15) is 64.2 Å². The van der Waals surface area contributed by atoms with Crippen molar-refractivity contribution in [2.45, 2.75) is 38.3 Å². The smallest absolute Gasteiger partial charge is 0.254 e. The number of aryl methyl sites for hydroxylation is 1. The van der Waals surface area contributed by atoms with Crippen molar-refractivity contribution in [1.82, 2.24) is 19.7 Å². The van der Waals surface area contributed by atoms with E-state index in [0.29, 0.717) is 29.1 Å². The highest BCUT2D eigenvalue weighted by molar-refractivity contribution is 6.06. The fourth-order valence-corrected chi connectivity index (χ4v) is 6.32. The normalized spacial score (nSPS) is 18.3. The first-order chi connectivity index (χ1) is 21.1. The Labute approximate surface area is 254 Å². The molecule has 0 saturated carbocycles. The molecule has 10 nitrogen and oxygen atoms in total. The topological polar surface area (TPSA) is 127 Å². The highest BCUT2D eigenvalue weighted by Crippen LogP contribution is 2.46. The van der Waals surface area contributed by atoms with Gasteiger partial charge in [0.2, 0.25) is 5.91 Å². The fraction of sp³-hybridized carbons (Fsp3) is 0.406. The Bertz CT molecular complexity index is 1590. The summed E-state index contributed by atoms with van der Waals surface area (Å²) < 4.78 is 31.1. The van der Waals surface area contributed by atoms with Gasteiger partial charge in [-0.1, -0.05) is 13.8 Å². The van der Waals surface area contributed by atoms with E-state index in [1.807, 2.05) is 18.7 Å². The molecule has 44 heavy (non-hydrogen) atoms. The molecule has 0 saturated heterocycles. The van der Waals surface area contributed by atoms with Crippen molar-refractivity contribution in [3.05, 3.63) is 76.6 Å². The molecule has 2 aromatic carbocycles. The average molecular weight is 610 g/mol. The maximum absolute atomic E-state index is 15.5. The number of anilines is 1. The molecule has 0 aliphatic carbocycles. The van der Waals surface area contributed by atoms with Crippen LogP contribution in [0.5, 0.6) is 0 Å². The minimum atomic E-state index is -0.912. The van der Waals surface area contributed by atoms with Crippen molar-refractivity contribution >= 4 is 23.4 Å². The van der Waals surface area contributed by atoms with Crippen molar-refractivity contribution in [1.29, 1.82) is 0 Å². The maximum Gasteiger partial charge on any atom is 0.254 e. The molecule has 234 valence electrons. The van der Waals surface area contributed by atoms with Crippen LogP contribution in [0.2, 0.25) is 0 Å². The lowest BCUT2D eigenvalue weighted by molar-refractivity contribution is -0.117. The second kappa shape index (κ2) is 12.8. The van der Waals surface area contributed by atoms with Crippen LogP contribution in [-0.4, -0.2) is 87.7 Å². The number of nitrogens with one attached hydrogen (secondary N) is 2. The number of aliphatic hydroxyl groups is 2. The number of hydrogen-bond donors (Lipinski definition) is 4. The van der Waals surface area contributed by atoms with E-state index in [9.17, 15) is 29.0 Å². The highest BCUT2D eigenvalue weighted by atomic mass is 19.1. The number of rotatable bonds is 11. The van der Waals surface area contributed by atoms with Gasteiger partial charge in [-0.2, -0.15) is 0 Å². The summed E-state index contributed by atoms with van der Waals surface area (Å²) in [6.45, 7) is 5.20. The number of amides is 3. The third-order valence-corrected chi connectivity index (χ3v) is 8.54. The Morgan fingerprint density at radius 2 is 1.91 bits per heavy atom. The monoisotopic (exact) mass is 609 g/mol. The molecule has 4 N–H and O–H groups in total. The number of hydrogen-bond acceptors (Lipinski definition) is 6. The second-order valence-electron chi connectivity index (χ2n) is 11.2. The van der Waals surface area contributed by atoms with Crippen LogP contribution in [0.4, 0.5) is 14.5 Å². The van der Waals surface area contributed by atoms with Crippen molar-refractivity contribution in [3.63, 3.8) is 0 Å². The van der Waals surface area contributed by atoms with Crippen molar-refractivity contribution in [2.75, 3.05) is 44.6 Å². The van der Waals surface area contributed by atoms with Gasteiger partial charge in [0.15, 0.2) is 0 Å². The van der Waals surface area contributed by atoms with Crippen LogP contribution in [0.15, 0.2) is 42.6 Å². The zero-order valence-corrected chi connectivity index (χ0v) is 24.9. The first-order valence-electron chi connectivity index (χ1n) is 14.8. The zero-order valence-electron chi connectivity index (χ0n) is 24.9. The molecule has 0 fully saturated rings. The first-order valence-corrected chi connectivity index (χ1v) is 14.8. The number of carbonyl (C=O) groups is 3. The summed E-state index contributed by atoms with van der Waals surface area (Å²) in [6, 6.07) is 7.11. The standard InChI is InChI=1S/C32H37F2N5O5/c1-4-38(5-2)16-20(41)15-35-30(42)24-17-37(3)29(28(24)21-8-7-19(33)13-25(21)34)27-14-23-22-12-18(32(44)39(27)10-11-40)6-9-26(22)36-31(23)43/h6-9,12-13,17,20,23,27,40-41H,4-5,10-11,14-16H2,1-3H3,(H,35,42)(H,36,43). The second-order valence-corrected chi connectivity index (χ2v) is 11.2. The first kappa shape index (κ1) is 31.3. The van der Waals surface area contributed by atoms with Gasteiger partial charge in [-0.05, 0) is 55.4 Å². The van der Waals surface area contributed by atoms with Crippen LogP contribution >= 0.6 is 0 Å². The van der Waals surface area contributed by atoms with Crippen LogP contribution in [-0.2, 0) is 11.8 Å². The van der Waals surface area contributed by atoms with E-state index >= 15 is 4.39 Å². The van der Waals surface area contributed by atoms with E-state index in [1.54, 1.807) is 29.8 Å². The zero-order chi connectivity index (χ0) is 31.7. The van der Waals surface area contributed by atoms with Gasteiger partial charge in [0.05, 0.1) is 30.2 Å². The molecule has 3 aromatic rings. The molecule has 0 spiro atoms. The van der Waals surface area contributed by atoms with Gasteiger partial charge in [-0.25, -0.2) is 8.78 Å². The molecule has 2 bridgehead atoms. The van der Waals surface area contributed by atoms with Gasteiger partial charge in [0.25, 0.3) is 11.8 Å². The average Bonchev–Trinajstić information content (AvgIpc) is 3.49. The number of benzene rings is 2. The van der Waals surface area contributed by atoms with Gasteiger partial charge in [0.1, 0.15) is 11.6 Å². The molecule has 3 amide bonds. The summed E-state index contributed by atoms with van der Waals surface area (Å²) in [5, 5.41) is 26.1. The lowest BCUT2D eigenvalue weighted by Crippen LogP contribution is -2.40. The number of fused-ring (bicyclic) bond motifs is 1. The fourth-order valence-electron chi connectivity index (χ4n) is 6.32. The number of carbonyl (C=O) groups excluding carboxylic acids is 3. The lowest BCUT2D eigenvalue weighted by atomic mass is 9.85. The molecule has 2 aliphatic rings. The van der Waals surface area contributed by atoms with E-state index in [4.69, 9.17) is 0 Å². The van der Waals surface area contributed by atoms with E-state index in [-0.39, 0.29) is 48.7 Å². The maximum atomic E-state index is 15.5. The lowest BCUT2D eigenvalue weighted by Gasteiger charge is -2.35. The third-order valence-electron chi connectivity index (χ3n) is 8.54. The van der Waals surface area contributed by atoms with Crippen LogP contribution in [0.25, 0.3) is 11.1 Å². The highest BCUT2D eigenvalue weighted by Gasteiger charge is 2.41. The summed E-state index contributed by atoms with van der Waals surface area (Å²) in [6.07, 6.45) is 0.727. The predicted octanol–water partition coefficient (Wildman–Crippen LogP) is 3.02. The summed E-state index contributed by atoms with van der Waals surface area (Å²) in [4.78, 5) is 44.1. The van der Waals surface area contributed by atoms with Gasteiger partial charge in [0, 0.05) is 67.0 Å². The molecular weight excluding hydrogens is 572 g/mol. The van der Waals surface area contributed by atoms with Gasteiger partial charge < -0.3 is 35.2 Å². The minimum absolute atomic E-state index is 0.0524. The Hall–Kier alpha value is -4.13. The molecule has 2 aliphatic heterocycles. The molecular formula is C32H37F2N5O5. The number of β-amino-alcohol motifs (C(OH)–C–C–N with tert-alkyl or cyclic N) is 1. The number of likely N-dealkylation sites (N-methyl/N-ethyl adjacent to an activating group) is 1. The van der Waals surface area contributed by atoms with E-state index in [1.165, 1.54) is 17.2 Å². The largest absolute Gasteiger partial charge is 0.395 e. The Kier molecular flexibility index (Phi) is 9.14. The van der Waals surface area contributed by atoms with E-state index in [0.717, 1.165) is 25.2 Å². The van der Waals surface area contributed by atoms with E-state index in [2.05, 4.69) is 10.6 Å². The van der Waals surface area contributed by atoms with Crippen molar-refractivity contribution < 1.29 is 33.4 Å². The van der Waals surface area contributed by atoms with Gasteiger partial charge in [-0.15, -0.1) is 0 Å². The molecule has 0 radical (unpaired) electrons. The number of aliphatic hydroxyl groups excluding tert-OH is 2. The molecule has 3 atom stereocenters. The SMILES string of the molecule is CCN(CC)CC(O)CNC(=O)c1cn(C)c(C2CC3C(=O)Nc4ccc(cc43)C(=O)N2CCO)c1-c1ccc(F)cc1F. The summed E-state index contributed by atoms with van der Waals surface area (Å²) in [5.74, 6) is -3.62. The van der Waals surface area contributed by atoms with Crippen molar-refractivity contribution in [2.24, 2.45) is 7.05 Å². The Morgan fingerprint density at radius 1 is 1.16 bits per heavy atom. The quantitative estimate of drug-likeness (QED) is 0.265. The number of aromatic nitrogens is 1. The van der Waals surface area contributed by atoms with Crippen LogP contribution < -0.4 is 10.6 Å². The predicted molar refractivity (Wildman–Crippen MR) is 160 cm³/mol.